The van der Waals surface area contributed by atoms with Crippen molar-refractivity contribution < 1.29 is 0 Å². The second-order valence-electron chi connectivity index (χ2n) is 1.91. The molecule has 0 amide bonds. The summed E-state index contributed by atoms with van der Waals surface area (Å²) in [5.41, 5.74) is 0.924. The van der Waals surface area contributed by atoms with Crippen LogP contribution in [0.5, 0.6) is 0 Å². The van der Waals surface area contributed by atoms with E-state index in [2.05, 4.69) is 17.6 Å². The lowest BCUT2D eigenvalue weighted by atomic mass is 10.3. The highest BCUT2D eigenvalue weighted by molar-refractivity contribution is 7.80. The Balaban J connectivity index is 3.03. The van der Waals surface area contributed by atoms with Gasteiger partial charge < -0.3 is 0 Å². The zero-order valence-corrected chi connectivity index (χ0v) is 6.68. The first-order valence-electron chi connectivity index (χ1n) is 3.11. The Morgan fingerprint density at radius 3 is 3.00 bits per heavy atom. The van der Waals surface area contributed by atoms with E-state index in [9.17, 15) is 0 Å². The molecule has 10 heavy (non-hydrogen) atoms. The number of allylic oxidation sites excluding steroid dienone is 1. The van der Waals surface area contributed by atoms with E-state index in [0.717, 1.165) is 10.6 Å². The fraction of sp³-hybridized carbons (Fsp3) is 0.125. The molecule has 0 bridgehead atoms. The molecule has 0 spiro atoms. The molecule has 0 atom stereocenters. The SMILES string of the molecule is C/C=C/c1ncccc1S. The summed E-state index contributed by atoms with van der Waals surface area (Å²) in [6.45, 7) is 1.96. The molecular weight excluding hydrogens is 142 g/mol. The topological polar surface area (TPSA) is 12.9 Å². The van der Waals surface area contributed by atoms with E-state index in [-0.39, 0.29) is 0 Å². The molecule has 0 aliphatic heterocycles. The summed E-state index contributed by atoms with van der Waals surface area (Å²) in [5.74, 6) is 0. The largest absolute Gasteiger partial charge is 0.256 e. The Labute approximate surface area is 66.2 Å². The molecule has 1 rings (SSSR count). The van der Waals surface area contributed by atoms with E-state index in [1.807, 2.05) is 31.2 Å². The van der Waals surface area contributed by atoms with Gasteiger partial charge in [-0.2, -0.15) is 0 Å². The summed E-state index contributed by atoms with van der Waals surface area (Å²) in [4.78, 5) is 5.02. The second-order valence-corrected chi connectivity index (χ2v) is 2.39. The minimum absolute atomic E-state index is 0.917. The summed E-state index contributed by atoms with van der Waals surface area (Å²) >= 11 is 4.22. The number of thiol groups is 1. The zero-order valence-electron chi connectivity index (χ0n) is 5.78. The van der Waals surface area contributed by atoms with E-state index in [1.165, 1.54) is 0 Å². The Morgan fingerprint density at radius 2 is 2.40 bits per heavy atom. The molecule has 1 heterocycles. The number of rotatable bonds is 1. The first-order valence-corrected chi connectivity index (χ1v) is 3.56. The number of pyridine rings is 1. The molecule has 0 saturated heterocycles. The normalized spacial score (nSPS) is 10.6. The van der Waals surface area contributed by atoms with E-state index >= 15 is 0 Å². The van der Waals surface area contributed by atoms with Gasteiger partial charge in [-0.05, 0) is 25.1 Å². The number of hydrogen-bond donors (Lipinski definition) is 1. The fourth-order valence-electron chi connectivity index (χ4n) is 0.695. The first kappa shape index (κ1) is 7.35. The maximum Gasteiger partial charge on any atom is 0.0759 e. The molecule has 0 unspecified atom stereocenters. The molecule has 0 N–H and O–H groups in total. The fourth-order valence-corrected chi connectivity index (χ4v) is 0.914. The van der Waals surface area contributed by atoms with Crippen molar-refractivity contribution in [3.63, 3.8) is 0 Å². The Bertz CT molecular complexity index is 243. The Morgan fingerprint density at radius 1 is 1.60 bits per heavy atom. The summed E-state index contributed by atoms with van der Waals surface area (Å²) in [6, 6.07) is 3.79. The third-order valence-electron chi connectivity index (χ3n) is 1.14. The van der Waals surface area contributed by atoms with E-state index < -0.39 is 0 Å². The summed E-state index contributed by atoms with van der Waals surface area (Å²) in [5, 5.41) is 0. The van der Waals surface area contributed by atoms with Crippen LogP contribution in [-0.2, 0) is 0 Å². The third kappa shape index (κ3) is 1.61. The molecule has 0 aliphatic carbocycles. The average molecular weight is 151 g/mol. The van der Waals surface area contributed by atoms with Gasteiger partial charge in [0.05, 0.1) is 5.69 Å². The van der Waals surface area contributed by atoms with Crippen molar-refractivity contribution in [1.82, 2.24) is 4.98 Å². The van der Waals surface area contributed by atoms with Crippen LogP contribution < -0.4 is 0 Å². The van der Waals surface area contributed by atoms with E-state index in [1.54, 1.807) is 6.20 Å². The van der Waals surface area contributed by atoms with Crippen LogP contribution in [0, 0.1) is 0 Å². The van der Waals surface area contributed by atoms with E-state index in [4.69, 9.17) is 0 Å². The molecule has 0 fully saturated rings. The molecule has 1 aromatic heterocycles. The lowest BCUT2D eigenvalue weighted by molar-refractivity contribution is 1.21. The quantitative estimate of drug-likeness (QED) is 0.608. The van der Waals surface area contributed by atoms with Gasteiger partial charge in [-0.25, -0.2) is 0 Å². The van der Waals surface area contributed by atoms with Gasteiger partial charge >= 0.3 is 0 Å². The van der Waals surface area contributed by atoms with Gasteiger partial charge in [0.2, 0.25) is 0 Å². The predicted molar refractivity (Wildman–Crippen MR) is 46.2 cm³/mol. The zero-order chi connectivity index (χ0) is 7.40. The van der Waals surface area contributed by atoms with Gasteiger partial charge in [0, 0.05) is 11.1 Å². The molecule has 1 nitrogen and oxygen atoms in total. The van der Waals surface area contributed by atoms with Crippen molar-refractivity contribution in [2.75, 3.05) is 0 Å². The molecule has 1 aromatic rings. The molecule has 2 heteroatoms. The van der Waals surface area contributed by atoms with Crippen molar-refractivity contribution in [2.45, 2.75) is 11.8 Å². The summed E-state index contributed by atoms with van der Waals surface area (Å²) in [7, 11) is 0. The third-order valence-corrected chi connectivity index (χ3v) is 1.52. The van der Waals surface area contributed by atoms with Crippen molar-refractivity contribution in [3.8, 4) is 0 Å². The maximum absolute atomic E-state index is 4.22. The van der Waals surface area contributed by atoms with Crippen LogP contribution in [0.4, 0.5) is 0 Å². The summed E-state index contributed by atoms with van der Waals surface area (Å²) < 4.78 is 0. The van der Waals surface area contributed by atoms with Gasteiger partial charge in [0.15, 0.2) is 0 Å². The molecule has 0 aliphatic rings. The van der Waals surface area contributed by atoms with Crippen molar-refractivity contribution >= 4 is 18.7 Å². The number of nitrogens with zero attached hydrogens (tertiary/aromatic N) is 1. The first-order chi connectivity index (χ1) is 4.84. The van der Waals surface area contributed by atoms with Gasteiger partial charge in [-0.15, -0.1) is 12.6 Å². The van der Waals surface area contributed by atoms with Crippen molar-refractivity contribution in [3.05, 3.63) is 30.1 Å². The summed E-state index contributed by atoms with van der Waals surface area (Å²) in [6.07, 6.45) is 5.64. The van der Waals surface area contributed by atoms with Gasteiger partial charge in [-0.1, -0.05) is 6.08 Å². The van der Waals surface area contributed by atoms with Crippen LogP contribution >= 0.6 is 12.6 Å². The Kier molecular flexibility index (Phi) is 2.51. The van der Waals surface area contributed by atoms with E-state index in [0.29, 0.717) is 0 Å². The number of hydrogen-bond acceptors (Lipinski definition) is 2. The number of aromatic nitrogens is 1. The van der Waals surface area contributed by atoms with Gasteiger partial charge in [0.25, 0.3) is 0 Å². The van der Waals surface area contributed by atoms with Crippen LogP contribution in [-0.4, -0.2) is 4.98 Å². The molecular formula is C8H9NS. The van der Waals surface area contributed by atoms with Crippen LogP contribution in [0.15, 0.2) is 29.3 Å². The van der Waals surface area contributed by atoms with Crippen molar-refractivity contribution in [1.29, 1.82) is 0 Å². The molecule has 0 saturated carbocycles. The lowest BCUT2D eigenvalue weighted by Crippen LogP contribution is -1.79. The minimum Gasteiger partial charge on any atom is -0.256 e. The maximum atomic E-state index is 4.22. The van der Waals surface area contributed by atoms with Crippen LogP contribution in [0.3, 0.4) is 0 Å². The molecule has 52 valence electrons. The highest BCUT2D eigenvalue weighted by Crippen LogP contribution is 2.10. The standard InChI is InChI=1S/C8H9NS/c1-2-4-7-8(10)5-3-6-9-7/h2-6,10H,1H3/b4-2+. The van der Waals surface area contributed by atoms with Crippen LogP contribution in [0.25, 0.3) is 6.08 Å². The monoisotopic (exact) mass is 151 g/mol. The van der Waals surface area contributed by atoms with Crippen LogP contribution in [0.1, 0.15) is 12.6 Å². The van der Waals surface area contributed by atoms with Gasteiger partial charge in [0.1, 0.15) is 0 Å². The van der Waals surface area contributed by atoms with Gasteiger partial charge in [-0.3, -0.25) is 4.98 Å². The minimum atomic E-state index is 0.917. The second kappa shape index (κ2) is 3.42. The van der Waals surface area contributed by atoms with Crippen LogP contribution in [0.2, 0.25) is 0 Å². The lowest BCUT2D eigenvalue weighted by Gasteiger charge is -1.94. The predicted octanol–water partition coefficient (Wildman–Crippen LogP) is 2.40. The highest BCUT2D eigenvalue weighted by Gasteiger charge is 1.90. The Hall–Kier alpha value is -0.760. The average Bonchev–Trinajstić information content (AvgIpc) is 1.94. The van der Waals surface area contributed by atoms with Crippen molar-refractivity contribution in [2.24, 2.45) is 0 Å². The molecule has 0 radical (unpaired) electrons. The molecule has 0 aromatic carbocycles. The highest BCUT2D eigenvalue weighted by atomic mass is 32.1. The smallest absolute Gasteiger partial charge is 0.0759 e.